The summed E-state index contributed by atoms with van der Waals surface area (Å²) in [5.74, 6) is 0. The molecule has 0 fully saturated rings. The summed E-state index contributed by atoms with van der Waals surface area (Å²) in [5.41, 5.74) is 4.54. The highest BCUT2D eigenvalue weighted by molar-refractivity contribution is 5.75. The lowest BCUT2D eigenvalue weighted by Gasteiger charge is -2.08. The predicted molar refractivity (Wildman–Crippen MR) is 104 cm³/mol. The standard InChI is InChI=1S/C21H15N5O/c27-21-17-7-8-22-11-18(17)24-14-25(21)13-15-4-3-5-16(10-15)19-12-23-20-6-1-2-9-26(19)20/h1-12,14H,13H2. The van der Waals surface area contributed by atoms with Crippen LogP contribution in [-0.4, -0.2) is 23.9 Å². The van der Waals surface area contributed by atoms with E-state index in [-0.39, 0.29) is 5.56 Å². The molecule has 5 rings (SSSR count). The lowest BCUT2D eigenvalue weighted by molar-refractivity contribution is 0.748. The Labute approximate surface area is 154 Å². The fraction of sp³-hybridized carbons (Fsp3) is 0.0476. The molecule has 0 aliphatic carbocycles. The van der Waals surface area contributed by atoms with Gasteiger partial charge in [-0.1, -0.05) is 24.3 Å². The predicted octanol–water partition coefficient (Wildman–Crippen LogP) is 3.15. The summed E-state index contributed by atoms with van der Waals surface area (Å²) in [4.78, 5) is 25.5. The average Bonchev–Trinajstić information content (AvgIpc) is 3.15. The van der Waals surface area contributed by atoms with E-state index >= 15 is 0 Å². The van der Waals surface area contributed by atoms with Gasteiger partial charge in [-0.05, 0) is 29.8 Å². The topological polar surface area (TPSA) is 65.1 Å². The second-order valence-electron chi connectivity index (χ2n) is 6.34. The smallest absolute Gasteiger partial charge is 0.261 e. The van der Waals surface area contributed by atoms with Crippen LogP contribution in [0.2, 0.25) is 0 Å². The van der Waals surface area contributed by atoms with E-state index in [1.165, 1.54) is 0 Å². The van der Waals surface area contributed by atoms with Crippen molar-refractivity contribution >= 4 is 16.6 Å². The zero-order valence-electron chi connectivity index (χ0n) is 14.4. The first-order chi connectivity index (χ1) is 13.3. The lowest BCUT2D eigenvalue weighted by atomic mass is 10.1. The van der Waals surface area contributed by atoms with Gasteiger partial charge in [0.1, 0.15) is 5.65 Å². The van der Waals surface area contributed by atoms with Gasteiger partial charge in [-0.25, -0.2) is 9.97 Å². The van der Waals surface area contributed by atoms with Gasteiger partial charge in [0, 0.05) is 18.0 Å². The maximum atomic E-state index is 12.7. The molecule has 0 amide bonds. The van der Waals surface area contributed by atoms with Gasteiger partial charge in [-0.2, -0.15) is 0 Å². The summed E-state index contributed by atoms with van der Waals surface area (Å²) in [7, 11) is 0. The monoisotopic (exact) mass is 353 g/mol. The van der Waals surface area contributed by atoms with E-state index in [2.05, 4.69) is 25.4 Å². The molecule has 0 radical (unpaired) electrons. The molecule has 0 aliphatic rings. The molecular weight excluding hydrogens is 338 g/mol. The van der Waals surface area contributed by atoms with Crippen LogP contribution in [0.4, 0.5) is 0 Å². The molecule has 0 N–H and O–H groups in total. The maximum Gasteiger partial charge on any atom is 0.261 e. The van der Waals surface area contributed by atoms with Gasteiger partial charge in [0.15, 0.2) is 0 Å². The van der Waals surface area contributed by atoms with Gasteiger partial charge in [0.05, 0.1) is 41.9 Å². The van der Waals surface area contributed by atoms with E-state index in [1.54, 1.807) is 29.4 Å². The van der Waals surface area contributed by atoms with Gasteiger partial charge in [-0.3, -0.25) is 18.7 Å². The molecule has 0 aliphatic heterocycles. The highest BCUT2D eigenvalue weighted by atomic mass is 16.1. The van der Waals surface area contributed by atoms with Crippen molar-refractivity contribution in [1.29, 1.82) is 0 Å². The Bertz CT molecular complexity index is 1340. The van der Waals surface area contributed by atoms with Crippen molar-refractivity contribution in [2.24, 2.45) is 0 Å². The molecule has 1 aromatic carbocycles. The Morgan fingerprint density at radius 1 is 0.963 bits per heavy atom. The number of hydrogen-bond acceptors (Lipinski definition) is 4. The quantitative estimate of drug-likeness (QED) is 0.500. The molecule has 0 saturated heterocycles. The molecule has 0 spiro atoms. The molecule has 6 nitrogen and oxygen atoms in total. The second kappa shape index (κ2) is 6.17. The average molecular weight is 353 g/mol. The lowest BCUT2D eigenvalue weighted by Crippen LogP contribution is -2.21. The third-order valence-corrected chi connectivity index (χ3v) is 4.62. The number of fused-ring (bicyclic) bond motifs is 2. The van der Waals surface area contributed by atoms with E-state index in [0.717, 1.165) is 22.5 Å². The fourth-order valence-electron chi connectivity index (χ4n) is 3.29. The summed E-state index contributed by atoms with van der Waals surface area (Å²) in [6.07, 6.45) is 8.65. The molecule has 0 bridgehead atoms. The van der Waals surface area contributed by atoms with Crippen molar-refractivity contribution < 1.29 is 0 Å². The van der Waals surface area contributed by atoms with Crippen LogP contribution in [0.3, 0.4) is 0 Å². The van der Waals surface area contributed by atoms with Crippen molar-refractivity contribution in [3.05, 3.63) is 95.6 Å². The first-order valence-electron chi connectivity index (χ1n) is 8.60. The molecule has 27 heavy (non-hydrogen) atoms. The summed E-state index contributed by atoms with van der Waals surface area (Å²) >= 11 is 0. The van der Waals surface area contributed by atoms with E-state index in [1.807, 2.05) is 48.8 Å². The van der Waals surface area contributed by atoms with Crippen molar-refractivity contribution in [3.8, 4) is 11.3 Å². The molecule has 0 atom stereocenters. The van der Waals surface area contributed by atoms with Gasteiger partial charge in [-0.15, -0.1) is 0 Å². The fourth-order valence-corrected chi connectivity index (χ4v) is 3.29. The second-order valence-corrected chi connectivity index (χ2v) is 6.34. The molecule has 5 aromatic rings. The SMILES string of the molecule is O=c1c2ccncc2ncn1Cc1cccc(-c2cnc3ccccn23)c1. The normalized spacial score (nSPS) is 11.3. The molecule has 6 heteroatoms. The molecule has 4 aromatic heterocycles. The Balaban J connectivity index is 1.55. The van der Waals surface area contributed by atoms with E-state index < -0.39 is 0 Å². The number of pyridine rings is 2. The van der Waals surface area contributed by atoms with Crippen molar-refractivity contribution in [1.82, 2.24) is 23.9 Å². The number of hydrogen-bond donors (Lipinski definition) is 0. The highest BCUT2D eigenvalue weighted by Crippen LogP contribution is 2.22. The minimum Gasteiger partial charge on any atom is -0.300 e. The van der Waals surface area contributed by atoms with E-state index in [4.69, 9.17) is 0 Å². The number of benzene rings is 1. The Kier molecular flexibility index (Phi) is 3.53. The molecule has 130 valence electrons. The minimum absolute atomic E-state index is 0.0670. The largest absolute Gasteiger partial charge is 0.300 e. The third kappa shape index (κ3) is 2.67. The molecule has 0 saturated carbocycles. The van der Waals surface area contributed by atoms with E-state index in [9.17, 15) is 4.79 Å². The van der Waals surface area contributed by atoms with Gasteiger partial charge >= 0.3 is 0 Å². The number of aromatic nitrogens is 5. The van der Waals surface area contributed by atoms with Crippen LogP contribution < -0.4 is 5.56 Å². The summed E-state index contributed by atoms with van der Waals surface area (Å²) < 4.78 is 3.67. The summed E-state index contributed by atoms with van der Waals surface area (Å²) in [6.45, 7) is 0.453. The van der Waals surface area contributed by atoms with Gasteiger partial charge in [0.2, 0.25) is 0 Å². The molecule has 4 heterocycles. The highest BCUT2D eigenvalue weighted by Gasteiger charge is 2.08. The van der Waals surface area contributed by atoms with Crippen molar-refractivity contribution in [3.63, 3.8) is 0 Å². The van der Waals surface area contributed by atoms with Crippen LogP contribution in [0, 0.1) is 0 Å². The van der Waals surface area contributed by atoms with Crippen LogP contribution in [0.15, 0.2) is 84.4 Å². The third-order valence-electron chi connectivity index (χ3n) is 4.62. The zero-order valence-corrected chi connectivity index (χ0v) is 14.4. The van der Waals surface area contributed by atoms with Crippen LogP contribution in [0.5, 0.6) is 0 Å². The minimum atomic E-state index is -0.0670. The maximum absolute atomic E-state index is 12.7. The van der Waals surface area contributed by atoms with Crippen LogP contribution in [0.25, 0.3) is 27.8 Å². The Morgan fingerprint density at radius 2 is 1.93 bits per heavy atom. The Hall–Kier alpha value is -3.80. The van der Waals surface area contributed by atoms with Crippen LogP contribution in [-0.2, 0) is 6.54 Å². The van der Waals surface area contributed by atoms with Gasteiger partial charge < -0.3 is 0 Å². The molecular formula is C21H15N5O. The first kappa shape index (κ1) is 15.5. The number of rotatable bonds is 3. The van der Waals surface area contributed by atoms with Crippen LogP contribution in [0.1, 0.15) is 5.56 Å². The summed E-state index contributed by atoms with van der Waals surface area (Å²) in [5, 5.41) is 0.574. The van der Waals surface area contributed by atoms with Crippen LogP contribution >= 0.6 is 0 Å². The van der Waals surface area contributed by atoms with Crippen molar-refractivity contribution in [2.45, 2.75) is 6.54 Å². The van der Waals surface area contributed by atoms with Crippen molar-refractivity contribution in [2.75, 3.05) is 0 Å². The zero-order chi connectivity index (χ0) is 18.2. The molecule has 0 unspecified atom stereocenters. The van der Waals surface area contributed by atoms with E-state index in [0.29, 0.717) is 17.4 Å². The number of imidazole rings is 1. The first-order valence-corrected chi connectivity index (χ1v) is 8.60. The Morgan fingerprint density at radius 3 is 2.89 bits per heavy atom. The van der Waals surface area contributed by atoms with Gasteiger partial charge in [0.25, 0.3) is 5.56 Å². The number of nitrogens with zero attached hydrogens (tertiary/aromatic N) is 5. The summed E-state index contributed by atoms with van der Waals surface area (Å²) in [6, 6.07) is 15.8.